The summed E-state index contributed by atoms with van der Waals surface area (Å²) in [6, 6.07) is 13.5. The van der Waals surface area contributed by atoms with Crippen LogP contribution in [-0.4, -0.2) is 17.4 Å². The van der Waals surface area contributed by atoms with Crippen LogP contribution in [0.25, 0.3) is 0 Å². The van der Waals surface area contributed by atoms with Gasteiger partial charge in [0.25, 0.3) is 0 Å². The van der Waals surface area contributed by atoms with E-state index in [1.807, 2.05) is 12.1 Å². The quantitative estimate of drug-likeness (QED) is 0.486. The number of nitrogens with zero attached hydrogens (tertiary/aromatic N) is 1. The first-order chi connectivity index (χ1) is 15.4. The molecule has 0 unspecified atom stereocenters. The number of pyridine rings is 1. The Kier molecular flexibility index (Phi) is 6.16. The number of rotatable bonds is 5. The molecule has 0 atom stereocenters. The highest BCUT2D eigenvalue weighted by atomic mass is 19.4. The van der Waals surface area contributed by atoms with Crippen molar-refractivity contribution in [2.75, 3.05) is 10.6 Å². The lowest BCUT2D eigenvalue weighted by Gasteiger charge is -2.19. The molecular weight excluding hydrogens is 423 g/mol. The van der Waals surface area contributed by atoms with Gasteiger partial charge in [-0.2, -0.15) is 0 Å². The van der Waals surface area contributed by atoms with E-state index in [4.69, 9.17) is 4.74 Å². The third-order valence-corrected chi connectivity index (χ3v) is 4.92. The van der Waals surface area contributed by atoms with Crippen LogP contribution in [0.2, 0.25) is 0 Å². The molecule has 0 spiro atoms. The molecule has 2 amide bonds. The fraction of sp³-hybridized carbons (Fsp3) is 0.217. The average molecular weight is 443 g/mol. The molecule has 166 valence electrons. The Bertz CT molecular complexity index is 1100. The highest BCUT2D eigenvalue weighted by Gasteiger charge is 2.31. The van der Waals surface area contributed by atoms with Gasteiger partial charge in [0.15, 0.2) is 0 Å². The number of alkyl halides is 3. The van der Waals surface area contributed by atoms with Crippen molar-refractivity contribution in [1.82, 2.24) is 4.98 Å². The van der Waals surface area contributed by atoms with Crippen molar-refractivity contribution in [1.29, 1.82) is 0 Å². The minimum absolute atomic E-state index is 0.246. The van der Waals surface area contributed by atoms with Crippen molar-refractivity contribution in [3.8, 4) is 17.4 Å². The van der Waals surface area contributed by atoms with Gasteiger partial charge in [0, 0.05) is 11.9 Å². The normalized spacial score (nSPS) is 13.1. The van der Waals surface area contributed by atoms with Crippen LogP contribution in [0.3, 0.4) is 0 Å². The maximum Gasteiger partial charge on any atom is 0.573 e. The maximum atomic E-state index is 12.4. The summed E-state index contributed by atoms with van der Waals surface area (Å²) in [5, 5.41) is 5.21. The van der Waals surface area contributed by atoms with Gasteiger partial charge in [0.1, 0.15) is 17.2 Å². The van der Waals surface area contributed by atoms with Gasteiger partial charge >= 0.3 is 12.4 Å². The van der Waals surface area contributed by atoms with Crippen LogP contribution in [0.1, 0.15) is 24.0 Å². The number of anilines is 2. The smallest absolute Gasteiger partial charge is 0.437 e. The Morgan fingerprint density at radius 1 is 0.938 bits per heavy atom. The van der Waals surface area contributed by atoms with Crippen molar-refractivity contribution in [2.45, 2.75) is 32.0 Å². The molecule has 0 fully saturated rings. The highest BCUT2D eigenvalue weighted by Crippen LogP contribution is 2.34. The molecule has 0 bridgehead atoms. The number of aryl methyl sites for hydroxylation is 1. The van der Waals surface area contributed by atoms with Gasteiger partial charge in [-0.25, -0.2) is 9.78 Å². The van der Waals surface area contributed by atoms with E-state index in [-0.39, 0.29) is 11.6 Å². The molecule has 9 heteroatoms. The predicted molar refractivity (Wildman–Crippen MR) is 113 cm³/mol. The number of nitrogens with one attached hydrogen (secondary N) is 2. The van der Waals surface area contributed by atoms with Crippen molar-refractivity contribution in [3.63, 3.8) is 0 Å². The van der Waals surface area contributed by atoms with Crippen LogP contribution >= 0.6 is 0 Å². The first-order valence-electron chi connectivity index (χ1n) is 10.0. The largest absolute Gasteiger partial charge is 0.573 e. The summed E-state index contributed by atoms with van der Waals surface area (Å²) in [6.07, 6.45) is 0.963. The summed E-state index contributed by atoms with van der Waals surface area (Å²) in [5.41, 5.74) is 3.06. The van der Waals surface area contributed by atoms with Crippen LogP contribution in [0.5, 0.6) is 17.4 Å². The second kappa shape index (κ2) is 9.17. The van der Waals surface area contributed by atoms with Crippen LogP contribution < -0.4 is 20.1 Å². The van der Waals surface area contributed by atoms with Gasteiger partial charge in [-0.05, 0) is 79.3 Å². The summed E-state index contributed by atoms with van der Waals surface area (Å²) >= 11 is 0. The molecule has 3 aromatic rings. The molecule has 0 saturated heterocycles. The van der Waals surface area contributed by atoms with Gasteiger partial charge in [-0.15, -0.1) is 13.2 Å². The highest BCUT2D eigenvalue weighted by molar-refractivity contribution is 6.00. The van der Waals surface area contributed by atoms with Crippen LogP contribution in [-0.2, 0) is 12.8 Å². The zero-order valence-corrected chi connectivity index (χ0v) is 16.9. The molecule has 0 saturated carbocycles. The fourth-order valence-corrected chi connectivity index (χ4v) is 3.54. The van der Waals surface area contributed by atoms with E-state index in [0.717, 1.165) is 43.4 Å². The van der Waals surface area contributed by atoms with Gasteiger partial charge in [0.05, 0.1) is 0 Å². The van der Waals surface area contributed by atoms with Gasteiger partial charge in [-0.3, -0.25) is 0 Å². The topological polar surface area (TPSA) is 72.5 Å². The number of fused-ring (bicyclic) bond motifs is 1. The first-order valence-corrected chi connectivity index (χ1v) is 10.0. The molecule has 2 N–H and O–H groups in total. The zero-order chi connectivity index (χ0) is 22.6. The maximum absolute atomic E-state index is 12.4. The molecule has 4 rings (SSSR count). The van der Waals surface area contributed by atoms with Crippen molar-refractivity contribution < 1.29 is 27.4 Å². The molecule has 0 aliphatic heterocycles. The summed E-state index contributed by atoms with van der Waals surface area (Å²) in [7, 11) is 0. The minimum Gasteiger partial charge on any atom is -0.437 e. The molecule has 6 nitrogen and oxygen atoms in total. The lowest BCUT2D eigenvalue weighted by Crippen LogP contribution is -2.20. The Morgan fingerprint density at radius 2 is 1.72 bits per heavy atom. The van der Waals surface area contributed by atoms with E-state index >= 15 is 0 Å². The summed E-state index contributed by atoms with van der Waals surface area (Å²) in [5.74, 6) is 0.581. The van der Waals surface area contributed by atoms with E-state index < -0.39 is 12.4 Å². The molecule has 0 radical (unpaired) electrons. The Labute approximate surface area is 182 Å². The molecule has 2 aromatic carbocycles. The van der Waals surface area contributed by atoms with E-state index in [9.17, 15) is 18.0 Å². The molecule has 1 aliphatic rings. The lowest BCUT2D eigenvalue weighted by atomic mass is 9.91. The third kappa shape index (κ3) is 5.48. The molecule has 1 aromatic heterocycles. The second-order valence-electron chi connectivity index (χ2n) is 7.21. The van der Waals surface area contributed by atoms with E-state index in [1.54, 1.807) is 18.3 Å². The summed E-state index contributed by atoms with van der Waals surface area (Å²) < 4.78 is 46.6. The number of aromatic nitrogens is 1. The summed E-state index contributed by atoms with van der Waals surface area (Å²) in [4.78, 5) is 16.7. The minimum atomic E-state index is -4.78. The molecule has 1 aliphatic carbocycles. The van der Waals surface area contributed by atoms with Crippen molar-refractivity contribution in [3.05, 3.63) is 71.9 Å². The average Bonchev–Trinajstić information content (AvgIpc) is 2.76. The third-order valence-electron chi connectivity index (χ3n) is 4.92. The number of urea groups is 1. The van der Waals surface area contributed by atoms with E-state index in [1.165, 1.54) is 17.7 Å². The number of amides is 2. The number of benzene rings is 2. The van der Waals surface area contributed by atoms with Crippen molar-refractivity contribution >= 4 is 17.4 Å². The number of carbonyl (C=O) groups excluding carboxylic acids is 1. The van der Waals surface area contributed by atoms with Crippen LogP contribution in [0.15, 0.2) is 60.8 Å². The number of ether oxygens (including phenoxy) is 2. The number of hydrogen-bond acceptors (Lipinski definition) is 4. The standard InChI is InChI=1S/C23H20F3N3O3/c24-23(25,26)32-17-12-10-16(11-13-17)28-22(30)29-19-8-4-14-27-21(19)31-20-9-3-6-15-5-1-2-7-18(15)20/h3-4,6,8-14H,1-2,5,7H2,(H2,28,29,30). The van der Waals surface area contributed by atoms with E-state index in [2.05, 4.69) is 26.4 Å². The lowest BCUT2D eigenvalue weighted by molar-refractivity contribution is -0.274. The first kappa shape index (κ1) is 21.5. The zero-order valence-electron chi connectivity index (χ0n) is 16.9. The molecule has 1 heterocycles. The molecular formula is C23H20F3N3O3. The molecule has 32 heavy (non-hydrogen) atoms. The SMILES string of the molecule is O=C(Nc1ccc(OC(F)(F)F)cc1)Nc1cccnc1Oc1cccc2c1CCCC2. The number of carbonyl (C=O) groups is 1. The predicted octanol–water partition coefficient (Wildman–Crippen LogP) is 6.30. The van der Waals surface area contributed by atoms with Gasteiger partial charge in [0.2, 0.25) is 5.88 Å². The fourth-order valence-electron chi connectivity index (χ4n) is 3.54. The van der Waals surface area contributed by atoms with Gasteiger partial charge < -0.3 is 20.1 Å². The van der Waals surface area contributed by atoms with Crippen LogP contribution in [0, 0.1) is 0 Å². The Morgan fingerprint density at radius 3 is 2.50 bits per heavy atom. The number of halogens is 3. The van der Waals surface area contributed by atoms with E-state index in [0.29, 0.717) is 17.1 Å². The second-order valence-corrected chi connectivity index (χ2v) is 7.21. The Hall–Kier alpha value is -3.75. The van der Waals surface area contributed by atoms with Crippen molar-refractivity contribution in [2.24, 2.45) is 0 Å². The Balaban J connectivity index is 1.44. The van der Waals surface area contributed by atoms with Crippen LogP contribution in [0.4, 0.5) is 29.3 Å². The summed E-state index contributed by atoms with van der Waals surface area (Å²) in [6.45, 7) is 0. The van der Waals surface area contributed by atoms with Gasteiger partial charge in [-0.1, -0.05) is 12.1 Å². The monoisotopic (exact) mass is 443 g/mol. The number of hydrogen-bond donors (Lipinski definition) is 2.